The maximum absolute atomic E-state index is 13.0. The number of benzene rings is 1. The van der Waals surface area contributed by atoms with Gasteiger partial charge < -0.3 is 0 Å². The number of aromatic nitrogens is 1. The summed E-state index contributed by atoms with van der Waals surface area (Å²) < 4.78 is 0. The van der Waals surface area contributed by atoms with Gasteiger partial charge in [0, 0.05) is 23.5 Å². The Hall–Kier alpha value is -3.00. The molecule has 0 radical (unpaired) electrons. The Balaban J connectivity index is 1.76. The lowest BCUT2D eigenvalue weighted by atomic mass is 9.83. The van der Waals surface area contributed by atoms with Crippen LogP contribution in [-0.4, -0.2) is 10.8 Å². The molecule has 0 aliphatic heterocycles. The van der Waals surface area contributed by atoms with Crippen LogP contribution < -0.4 is 0 Å². The fraction of sp³-hybridized carbons (Fsp3) is 0.200. The molecule has 2 aromatic rings. The zero-order valence-corrected chi connectivity index (χ0v) is 15.6. The summed E-state index contributed by atoms with van der Waals surface area (Å²) in [7, 11) is 0. The van der Waals surface area contributed by atoms with Crippen molar-refractivity contribution in [3.63, 3.8) is 0 Å². The molecule has 0 fully saturated rings. The second kappa shape index (κ2) is 7.71. The van der Waals surface area contributed by atoms with Gasteiger partial charge in [-0.25, -0.2) is 0 Å². The van der Waals surface area contributed by atoms with Gasteiger partial charge in [0.1, 0.15) is 0 Å². The normalized spacial score (nSPS) is 19.5. The van der Waals surface area contributed by atoms with Gasteiger partial charge in [-0.15, -0.1) is 0 Å². The highest BCUT2D eigenvalue weighted by atomic mass is 16.1. The van der Waals surface area contributed by atoms with Crippen LogP contribution >= 0.6 is 0 Å². The third-order valence-corrected chi connectivity index (χ3v) is 5.21. The van der Waals surface area contributed by atoms with E-state index in [2.05, 4.69) is 60.5 Å². The molecule has 1 atom stereocenters. The van der Waals surface area contributed by atoms with E-state index < -0.39 is 0 Å². The molecular weight excluding hydrogens is 330 g/mol. The number of Topliss-reactive ketones (excluding diaryl/α,β-unsaturated/α-hetero) is 1. The fourth-order valence-corrected chi connectivity index (χ4v) is 3.72. The molecule has 2 nitrogen and oxygen atoms in total. The lowest BCUT2D eigenvalue weighted by Crippen LogP contribution is -2.08. The minimum atomic E-state index is 0.0453. The Morgan fingerprint density at radius 1 is 1.00 bits per heavy atom. The van der Waals surface area contributed by atoms with Crippen molar-refractivity contribution in [1.29, 1.82) is 0 Å². The first-order valence-corrected chi connectivity index (χ1v) is 9.54. The van der Waals surface area contributed by atoms with Crippen LogP contribution in [0.2, 0.25) is 0 Å². The minimum absolute atomic E-state index is 0.0453. The van der Waals surface area contributed by atoms with Gasteiger partial charge in [-0.1, -0.05) is 55.5 Å². The summed E-state index contributed by atoms with van der Waals surface area (Å²) in [5, 5.41) is 0. The summed E-state index contributed by atoms with van der Waals surface area (Å²) in [4.78, 5) is 17.1. The van der Waals surface area contributed by atoms with Crippen LogP contribution in [0.4, 0.5) is 0 Å². The molecule has 134 valence electrons. The first kappa shape index (κ1) is 17.4. The summed E-state index contributed by atoms with van der Waals surface area (Å²) in [6, 6.07) is 14.2. The molecule has 0 N–H and O–H groups in total. The van der Waals surface area contributed by atoms with Crippen molar-refractivity contribution in [2.45, 2.75) is 26.2 Å². The Morgan fingerprint density at radius 3 is 2.59 bits per heavy atom. The van der Waals surface area contributed by atoms with Crippen molar-refractivity contribution in [2.75, 3.05) is 0 Å². The molecule has 0 saturated heterocycles. The molecule has 1 heterocycles. The molecule has 1 unspecified atom stereocenters. The molecule has 0 bridgehead atoms. The Labute approximate surface area is 160 Å². The smallest absolute Gasteiger partial charge is 0.194 e. The summed E-state index contributed by atoms with van der Waals surface area (Å²) in [6.45, 7) is 2.17. The summed E-state index contributed by atoms with van der Waals surface area (Å²) in [5.41, 5.74) is 6.52. The van der Waals surface area contributed by atoms with Crippen LogP contribution in [0.25, 0.3) is 5.57 Å². The number of allylic oxidation sites excluding steroid dienone is 8. The minimum Gasteiger partial charge on any atom is -0.289 e. The van der Waals surface area contributed by atoms with E-state index in [1.807, 2.05) is 18.2 Å². The number of hydrogen-bond donors (Lipinski definition) is 0. The molecular formula is C25H23NO. The van der Waals surface area contributed by atoms with E-state index in [4.69, 9.17) is 0 Å². The highest BCUT2D eigenvalue weighted by Crippen LogP contribution is 2.35. The largest absolute Gasteiger partial charge is 0.289 e. The van der Waals surface area contributed by atoms with Crippen LogP contribution in [0.1, 0.15) is 42.1 Å². The number of carbonyl (C=O) groups is 1. The number of ketones is 1. The SMILES string of the molecule is CC1C=C(C(=O)c2cccnc2)C=C2C=C(c3ccccc3)CCC2=CC1. The second-order valence-corrected chi connectivity index (χ2v) is 7.27. The van der Waals surface area contributed by atoms with Gasteiger partial charge in [-0.2, -0.15) is 0 Å². The van der Waals surface area contributed by atoms with Crippen molar-refractivity contribution in [2.24, 2.45) is 5.92 Å². The average molecular weight is 353 g/mol. The van der Waals surface area contributed by atoms with E-state index in [0.717, 1.165) is 30.4 Å². The van der Waals surface area contributed by atoms with Crippen molar-refractivity contribution in [3.8, 4) is 0 Å². The van der Waals surface area contributed by atoms with Crippen LogP contribution in [0, 0.1) is 5.92 Å². The van der Waals surface area contributed by atoms with E-state index in [1.54, 1.807) is 12.4 Å². The van der Waals surface area contributed by atoms with E-state index in [1.165, 1.54) is 16.7 Å². The summed E-state index contributed by atoms with van der Waals surface area (Å²) >= 11 is 0. The third-order valence-electron chi connectivity index (χ3n) is 5.21. The third kappa shape index (κ3) is 3.90. The van der Waals surface area contributed by atoms with Gasteiger partial charge in [0.15, 0.2) is 5.78 Å². The Bertz CT molecular complexity index is 962. The maximum Gasteiger partial charge on any atom is 0.194 e. The van der Waals surface area contributed by atoms with Crippen molar-refractivity contribution < 1.29 is 4.79 Å². The van der Waals surface area contributed by atoms with Crippen molar-refractivity contribution in [3.05, 3.63) is 107 Å². The van der Waals surface area contributed by atoms with Crippen LogP contribution in [0.3, 0.4) is 0 Å². The number of fused-ring (bicyclic) bond motifs is 1. The monoisotopic (exact) mass is 353 g/mol. The number of rotatable bonds is 3. The predicted octanol–water partition coefficient (Wildman–Crippen LogP) is 5.96. The molecule has 0 saturated carbocycles. The van der Waals surface area contributed by atoms with E-state index >= 15 is 0 Å². The molecule has 0 amide bonds. The van der Waals surface area contributed by atoms with E-state index in [0.29, 0.717) is 11.5 Å². The quantitative estimate of drug-likeness (QED) is 0.637. The molecule has 2 aliphatic rings. The van der Waals surface area contributed by atoms with Crippen LogP contribution in [-0.2, 0) is 0 Å². The van der Waals surface area contributed by atoms with Crippen LogP contribution in [0.5, 0.6) is 0 Å². The Morgan fingerprint density at radius 2 is 1.81 bits per heavy atom. The lowest BCUT2D eigenvalue weighted by Gasteiger charge is -2.22. The Kier molecular flexibility index (Phi) is 4.97. The summed E-state index contributed by atoms with van der Waals surface area (Å²) in [6.07, 6.45) is 15.1. The molecule has 2 aliphatic carbocycles. The van der Waals surface area contributed by atoms with E-state index in [9.17, 15) is 4.79 Å². The number of hydrogen-bond acceptors (Lipinski definition) is 2. The van der Waals surface area contributed by atoms with Gasteiger partial charge in [-0.05, 0) is 65.7 Å². The first-order chi connectivity index (χ1) is 13.2. The number of nitrogens with zero attached hydrogens (tertiary/aromatic N) is 1. The lowest BCUT2D eigenvalue weighted by molar-refractivity contribution is 0.103. The van der Waals surface area contributed by atoms with Gasteiger partial charge in [0.05, 0.1) is 0 Å². The zero-order chi connectivity index (χ0) is 18.6. The number of pyridine rings is 1. The molecule has 1 aromatic heterocycles. The second-order valence-electron chi connectivity index (χ2n) is 7.27. The van der Waals surface area contributed by atoms with E-state index in [-0.39, 0.29) is 5.78 Å². The van der Waals surface area contributed by atoms with Gasteiger partial charge in [0.25, 0.3) is 0 Å². The fourth-order valence-electron chi connectivity index (χ4n) is 3.72. The van der Waals surface area contributed by atoms with Crippen molar-refractivity contribution in [1.82, 2.24) is 4.98 Å². The van der Waals surface area contributed by atoms with Crippen molar-refractivity contribution >= 4 is 11.4 Å². The molecule has 4 rings (SSSR count). The number of carbonyl (C=O) groups excluding carboxylic acids is 1. The highest BCUT2D eigenvalue weighted by Gasteiger charge is 2.19. The first-order valence-electron chi connectivity index (χ1n) is 9.54. The zero-order valence-electron chi connectivity index (χ0n) is 15.6. The highest BCUT2D eigenvalue weighted by molar-refractivity contribution is 6.10. The molecule has 2 heteroatoms. The van der Waals surface area contributed by atoms with Gasteiger partial charge in [0.2, 0.25) is 0 Å². The average Bonchev–Trinajstić information content (AvgIpc) is 2.71. The molecule has 0 spiro atoms. The van der Waals surface area contributed by atoms with Gasteiger partial charge >= 0.3 is 0 Å². The van der Waals surface area contributed by atoms with Crippen LogP contribution in [0.15, 0.2) is 95.9 Å². The molecule has 27 heavy (non-hydrogen) atoms. The maximum atomic E-state index is 13.0. The van der Waals surface area contributed by atoms with Gasteiger partial charge in [-0.3, -0.25) is 9.78 Å². The molecule has 1 aromatic carbocycles. The topological polar surface area (TPSA) is 30.0 Å². The predicted molar refractivity (Wildman–Crippen MR) is 110 cm³/mol. The summed E-state index contributed by atoms with van der Waals surface area (Å²) in [5.74, 6) is 0.384. The standard InChI is InChI=1S/C25H23NO/c1-18-9-10-20-11-12-21(19-6-3-2-4-7-19)15-23(20)16-24(14-18)25(27)22-8-5-13-26-17-22/h2-8,10,13-18H,9,11-12H2,1H3.